The number of carboxylic acid groups (broad SMARTS) is 1. The first kappa shape index (κ1) is 10.4. The van der Waals surface area contributed by atoms with Crippen LogP contribution in [0, 0.1) is 22.7 Å². The van der Waals surface area contributed by atoms with Crippen LogP contribution in [0.4, 0.5) is 0 Å². The summed E-state index contributed by atoms with van der Waals surface area (Å²) < 4.78 is 0. The van der Waals surface area contributed by atoms with Crippen LogP contribution in [0.15, 0.2) is 0 Å². The molecule has 1 saturated carbocycles. The van der Waals surface area contributed by atoms with Crippen molar-refractivity contribution < 1.29 is 9.90 Å². The number of carboxylic acids is 1. The molecule has 0 aromatic rings. The van der Waals surface area contributed by atoms with Gasteiger partial charge in [0, 0.05) is 13.1 Å². The molecule has 1 aliphatic carbocycles. The highest BCUT2D eigenvalue weighted by atomic mass is 16.4. The monoisotopic (exact) mass is 208 g/mol. The van der Waals surface area contributed by atoms with E-state index in [4.69, 9.17) is 10.4 Å². The van der Waals surface area contributed by atoms with Crippen molar-refractivity contribution in [1.82, 2.24) is 4.90 Å². The summed E-state index contributed by atoms with van der Waals surface area (Å²) >= 11 is 0. The largest absolute Gasteiger partial charge is 0.480 e. The van der Waals surface area contributed by atoms with Crippen molar-refractivity contribution in [1.29, 1.82) is 5.26 Å². The summed E-state index contributed by atoms with van der Waals surface area (Å²) in [6, 6.07) is 1.94. The molecule has 82 valence electrons. The van der Waals surface area contributed by atoms with Crippen LogP contribution in [0.2, 0.25) is 0 Å². The minimum Gasteiger partial charge on any atom is -0.480 e. The molecule has 0 amide bonds. The fourth-order valence-corrected chi connectivity index (χ4v) is 2.39. The average molecular weight is 208 g/mol. The van der Waals surface area contributed by atoms with Gasteiger partial charge in [-0.25, -0.2) is 0 Å². The van der Waals surface area contributed by atoms with Crippen LogP contribution in [0.3, 0.4) is 0 Å². The first-order valence-electron chi connectivity index (χ1n) is 5.44. The van der Waals surface area contributed by atoms with Crippen molar-refractivity contribution in [2.24, 2.45) is 11.3 Å². The number of nitrogens with zero attached hydrogens (tertiary/aromatic N) is 2. The number of nitriles is 1. The van der Waals surface area contributed by atoms with E-state index in [1.54, 1.807) is 0 Å². The van der Waals surface area contributed by atoms with E-state index in [1.807, 2.05) is 11.8 Å². The zero-order valence-corrected chi connectivity index (χ0v) is 8.94. The Bertz CT molecular complexity index is 319. The second-order valence-electron chi connectivity index (χ2n) is 5.01. The Morgan fingerprint density at radius 1 is 1.67 bits per heavy atom. The van der Waals surface area contributed by atoms with E-state index in [0.717, 1.165) is 25.8 Å². The molecule has 4 heteroatoms. The van der Waals surface area contributed by atoms with Crippen LogP contribution in [0.5, 0.6) is 0 Å². The lowest BCUT2D eigenvalue weighted by Gasteiger charge is -2.24. The summed E-state index contributed by atoms with van der Waals surface area (Å²) in [7, 11) is 0. The lowest BCUT2D eigenvalue weighted by atomic mass is 9.92. The van der Waals surface area contributed by atoms with Crippen LogP contribution in [0.25, 0.3) is 0 Å². The van der Waals surface area contributed by atoms with E-state index < -0.39 is 5.97 Å². The van der Waals surface area contributed by atoms with Gasteiger partial charge in [-0.15, -0.1) is 0 Å². The summed E-state index contributed by atoms with van der Waals surface area (Å²) in [5.74, 6) is -0.400. The molecule has 0 bridgehead atoms. The van der Waals surface area contributed by atoms with Gasteiger partial charge in [-0.3, -0.25) is 9.69 Å². The zero-order valence-electron chi connectivity index (χ0n) is 8.94. The minimum absolute atomic E-state index is 0.323. The molecule has 0 radical (unpaired) electrons. The van der Waals surface area contributed by atoms with Crippen molar-refractivity contribution in [2.45, 2.75) is 32.2 Å². The van der Waals surface area contributed by atoms with E-state index in [2.05, 4.69) is 6.07 Å². The van der Waals surface area contributed by atoms with E-state index in [-0.39, 0.29) is 11.5 Å². The smallest absolute Gasteiger partial charge is 0.321 e. The van der Waals surface area contributed by atoms with Crippen molar-refractivity contribution in [2.75, 3.05) is 13.1 Å². The van der Waals surface area contributed by atoms with Gasteiger partial charge in [0.1, 0.15) is 6.04 Å². The Hall–Kier alpha value is -1.08. The van der Waals surface area contributed by atoms with Gasteiger partial charge in [0.2, 0.25) is 0 Å². The molecule has 1 aliphatic heterocycles. The summed E-state index contributed by atoms with van der Waals surface area (Å²) in [4.78, 5) is 13.1. The lowest BCUT2D eigenvalue weighted by molar-refractivity contribution is -0.143. The van der Waals surface area contributed by atoms with Gasteiger partial charge >= 0.3 is 5.97 Å². The molecule has 15 heavy (non-hydrogen) atoms. The number of likely N-dealkylation sites (tertiary alicyclic amines) is 1. The van der Waals surface area contributed by atoms with Crippen molar-refractivity contribution in [3.05, 3.63) is 0 Å². The third-order valence-corrected chi connectivity index (χ3v) is 3.49. The minimum atomic E-state index is -0.723. The molecule has 2 atom stereocenters. The highest BCUT2D eigenvalue weighted by molar-refractivity contribution is 5.74. The first-order chi connectivity index (χ1) is 7.06. The number of rotatable bonds is 3. The van der Waals surface area contributed by atoms with Crippen LogP contribution < -0.4 is 0 Å². The van der Waals surface area contributed by atoms with Gasteiger partial charge in [0.25, 0.3) is 0 Å². The van der Waals surface area contributed by atoms with Gasteiger partial charge in [-0.1, -0.05) is 0 Å². The summed E-state index contributed by atoms with van der Waals surface area (Å²) in [6.07, 6.45) is 2.84. The van der Waals surface area contributed by atoms with Crippen LogP contribution in [-0.2, 0) is 4.79 Å². The van der Waals surface area contributed by atoms with Gasteiger partial charge in [0.15, 0.2) is 0 Å². The van der Waals surface area contributed by atoms with Crippen LogP contribution >= 0.6 is 0 Å². The molecule has 0 spiro atoms. The Morgan fingerprint density at radius 3 is 2.73 bits per heavy atom. The quantitative estimate of drug-likeness (QED) is 0.754. The molecule has 1 heterocycles. The third-order valence-electron chi connectivity index (χ3n) is 3.49. The maximum absolute atomic E-state index is 11.1. The van der Waals surface area contributed by atoms with Crippen molar-refractivity contribution >= 4 is 5.97 Å². The molecule has 1 saturated heterocycles. The Morgan fingerprint density at radius 2 is 2.33 bits per heavy atom. The molecule has 0 aromatic heterocycles. The Kier molecular flexibility index (Phi) is 2.43. The van der Waals surface area contributed by atoms with Crippen molar-refractivity contribution in [3.8, 4) is 6.07 Å². The fourth-order valence-electron chi connectivity index (χ4n) is 2.39. The van der Waals surface area contributed by atoms with Gasteiger partial charge in [0.05, 0.1) is 11.5 Å². The highest BCUT2D eigenvalue weighted by Gasteiger charge is 2.45. The van der Waals surface area contributed by atoms with Gasteiger partial charge in [-0.05, 0) is 32.1 Å². The molecular weight excluding hydrogens is 192 g/mol. The van der Waals surface area contributed by atoms with E-state index in [1.165, 1.54) is 0 Å². The van der Waals surface area contributed by atoms with Crippen LogP contribution in [0.1, 0.15) is 26.2 Å². The summed E-state index contributed by atoms with van der Waals surface area (Å²) in [5.41, 5.74) is -0.345. The number of hydrogen-bond acceptors (Lipinski definition) is 3. The fraction of sp³-hybridized carbons (Fsp3) is 0.818. The second kappa shape index (κ2) is 3.49. The topological polar surface area (TPSA) is 64.3 Å². The van der Waals surface area contributed by atoms with E-state index in [9.17, 15) is 4.79 Å². The first-order valence-corrected chi connectivity index (χ1v) is 5.44. The maximum atomic E-state index is 11.1. The van der Waals surface area contributed by atoms with E-state index in [0.29, 0.717) is 12.5 Å². The van der Waals surface area contributed by atoms with Crippen LogP contribution in [-0.4, -0.2) is 35.1 Å². The number of hydrogen-bond donors (Lipinski definition) is 1. The van der Waals surface area contributed by atoms with E-state index >= 15 is 0 Å². The van der Waals surface area contributed by atoms with Crippen molar-refractivity contribution in [3.63, 3.8) is 0 Å². The average Bonchev–Trinajstić information content (AvgIpc) is 2.91. The Balaban J connectivity index is 2.05. The number of aliphatic carboxylic acids is 1. The summed E-state index contributed by atoms with van der Waals surface area (Å²) in [5, 5.41) is 18.2. The molecular formula is C11H16N2O2. The predicted molar refractivity (Wildman–Crippen MR) is 54.1 cm³/mol. The maximum Gasteiger partial charge on any atom is 0.321 e. The third kappa shape index (κ3) is 1.98. The highest BCUT2D eigenvalue weighted by Crippen LogP contribution is 2.39. The molecule has 2 unspecified atom stereocenters. The molecule has 1 N–H and O–H groups in total. The normalized spacial score (nSPS) is 33.6. The number of carbonyl (C=O) groups is 1. The molecule has 2 rings (SSSR count). The molecule has 4 nitrogen and oxygen atoms in total. The predicted octanol–water partition coefficient (Wildman–Crippen LogP) is 1.09. The summed E-state index contributed by atoms with van der Waals surface area (Å²) in [6.45, 7) is 3.27. The molecule has 0 aromatic carbocycles. The second-order valence-corrected chi connectivity index (χ2v) is 5.01. The SMILES string of the molecule is CC1(C#N)CCN(C(C(=O)O)C2CC2)C1. The lowest BCUT2D eigenvalue weighted by Crippen LogP contribution is -2.42. The molecule has 2 aliphatic rings. The zero-order chi connectivity index (χ0) is 11.1. The van der Waals surface area contributed by atoms with Gasteiger partial charge < -0.3 is 5.11 Å². The Labute approximate surface area is 89.5 Å². The standard InChI is InChI=1S/C11H16N2O2/c1-11(6-12)4-5-13(7-11)9(10(14)15)8-2-3-8/h8-9H,2-5,7H2,1H3,(H,14,15). The molecule has 2 fully saturated rings. The van der Waals surface area contributed by atoms with Gasteiger partial charge in [-0.2, -0.15) is 5.26 Å².